The zero-order valence-electron chi connectivity index (χ0n) is 23.4. The Balaban J connectivity index is 1.55. The van der Waals surface area contributed by atoms with Gasteiger partial charge < -0.3 is 19.9 Å². The van der Waals surface area contributed by atoms with Crippen LogP contribution < -0.4 is 5.32 Å². The molecule has 1 fully saturated rings. The first kappa shape index (κ1) is 30.2. The van der Waals surface area contributed by atoms with E-state index in [1.807, 2.05) is 50.2 Å². The number of aliphatic hydroxyl groups is 1. The molecule has 210 valence electrons. The lowest BCUT2D eigenvalue weighted by Crippen LogP contribution is -2.46. The number of ether oxygens (including phenoxy) is 2. The van der Waals surface area contributed by atoms with Gasteiger partial charge in [0.25, 0.3) is 0 Å². The van der Waals surface area contributed by atoms with Gasteiger partial charge in [-0.05, 0) is 88.1 Å². The Morgan fingerprint density at radius 2 is 1.87 bits per heavy atom. The van der Waals surface area contributed by atoms with Crippen LogP contribution in [0.25, 0.3) is 11.1 Å². The van der Waals surface area contributed by atoms with Gasteiger partial charge >= 0.3 is 5.97 Å². The second-order valence-electron chi connectivity index (χ2n) is 11.2. The van der Waals surface area contributed by atoms with Crippen molar-refractivity contribution in [2.75, 3.05) is 19.8 Å². The molecule has 0 radical (unpaired) electrons. The van der Waals surface area contributed by atoms with Crippen LogP contribution in [0.1, 0.15) is 87.4 Å². The molecule has 0 heterocycles. The molecular formula is C31H43F2NO4. The minimum Gasteiger partial charge on any atom is -0.462 e. The summed E-state index contributed by atoms with van der Waals surface area (Å²) < 4.78 is 38.1. The maximum Gasteiger partial charge on any atom is 0.338 e. The lowest BCUT2D eigenvalue weighted by molar-refractivity contribution is -0.0491. The van der Waals surface area contributed by atoms with Gasteiger partial charge in [0.1, 0.15) is 0 Å². The van der Waals surface area contributed by atoms with Crippen LogP contribution >= 0.6 is 0 Å². The summed E-state index contributed by atoms with van der Waals surface area (Å²) in [6.07, 6.45) is 0.873. The summed E-state index contributed by atoms with van der Waals surface area (Å²) in [5, 5.41) is 14.0. The molecule has 0 spiro atoms. The Kier molecular flexibility index (Phi) is 10.4. The van der Waals surface area contributed by atoms with Crippen molar-refractivity contribution < 1.29 is 28.2 Å². The van der Waals surface area contributed by atoms with Crippen LogP contribution in [0.15, 0.2) is 42.5 Å². The van der Waals surface area contributed by atoms with E-state index < -0.39 is 12.0 Å². The highest BCUT2D eigenvalue weighted by molar-refractivity contribution is 5.92. The second kappa shape index (κ2) is 13.1. The van der Waals surface area contributed by atoms with Gasteiger partial charge in [-0.1, -0.05) is 36.4 Å². The summed E-state index contributed by atoms with van der Waals surface area (Å²) in [6, 6.07) is 13.6. The number of nitrogens with one attached hydrogen (secondary N) is 1. The van der Waals surface area contributed by atoms with Gasteiger partial charge in [-0.3, -0.25) is 0 Å². The average Bonchev–Trinajstić information content (AvgIpc) is 2.87. The van der Waals surface area contributed by atoms with E-state index in [-0.39, 0.29) is 43.0 Å². The Bertz CT molecular complexity index is 1060. The fourth-order valence-electron chi connectivity index (χ4n) is 5.28. The largest absolute Gasteiger partial charge is 0.462 e. The van der Waals surface area contributed by atoms with Gasteiger partial charge in [-0.25, -0.2) is 13.6 Å². The molecule has 2 N–H and O–H groups in total. The molecule has 1 aliphatic carbocycles. The molecule has 0 aliphatic heterocycles. The maximum atomic E-state index is 13.5. The van der Waals surface area contributed by atoms with Gasteiger partial charge in [0.2, 0.25) is 5.92 Å². The summed E-state index contributed by atoms with van der Waals surface area (Å²) in [4.78, 5) is 12.2. The molecule has 2 atom stereocenters. The third kappa shape index (κ3) is 8.58. The number of aryl methyl sites for hydroxylation is 1. The molecule has 5 nitrogen and oxygen atoms in total. The lowest BCUT2D eigenvalue weighted by Gasteiger charge is -2.35. The molecule has 2 aromatic rings. The zero-order valence-corrected chi connectivity index (χ0v) is 23.4. The average molecular weight is 532 g/mol. The number of esters is 1. The van der Waals surface area contributed by atoms with Crippen LogP contribution in [-0.4, -0.2) is 48.4 Å². The SMILES string of the molecule is CCOC(=O)c1ccc(-c2ccccc2C(C)OCC(O)CNC(C)(C)CC2CCC(F)(F)CC2)cc1C. The van der Waals surface area contributed by atoms with Gasteiger partial charge in [0.05, 0.1) is 31.0 Å². The van der Waals surface area contributed by atoms with Crippen LogP contribution in [-0.2, 0) is 9.47 Å². The number of carbonyl (C=O) groups excluding carboxylic acids is 1. The van der Waals surface area contributed by atoms with Gasteiger partial charge in [-0.2, -0.15) is 0 Å². The summed E-state index contributed by atoms with van der Waals surface area (Å²) in [7, 11) is 0. The molecule has 1 saturated carbocycles. The molecule has 0 saturated heterocycles. The van der Waals surface area contributed by atoms with Crippen molar-refractivity contribution >= 4 is 5.97 Å². The van der Waals surface area contributed by atoms with Crippen LogP contribution in [0.5, 0.6) is 0 Å². The van der Waals surface area contributed by atoms with Crippen molar-refractivity contribution in [3.8, 4) is 11.1 Å². The van der Waals surface area contributed by atoms with E-state index in [9.17, 15) is 18.7 Å². The highest BCUT2D eigenvalue weighted by Crippen LogP contribution is 2.39. The highest BCUT2D eigenvalue weighted by Gasteiger charge is 2.36. The van der Waals surface area contributed by atoms with Crippen LogP contribution in [0.2, 0.25) is 0 Å². The number of aliphatic hydroxyl groups excluding tert-OH is 1. The number of carbonyl (C=O) groups is 1. The third-order valence-electron chi connectivity index (χ3n) is 7.42. The van der Waals surface area contributed by atoms with Crippen LogP contribution in [0.3, 0.4) is 0 Å². The van der Waals surface area contributed by atoms with Gasteiger partial charge in [-0.15, -0.1) is 0 Å². The zero-order chi connectivity index (χ0) is 27.9. The summed E-state index contributed by atoms with van der Waals surface area (Å²) in [5.74, 6) is -2.56. The Labute approximate surface area is 225 Å². The molecule has 3 rings (SSSR count). The standard InChI is InChI=1S/C31H43F2NO4/c1-6-37-29(36)26-12-11-24(17-21(26)2)28-10-8-7-9-27(28)22(3)38-20-25(35)19-34-30(4,5)18-23-13-15-31(32,33)16-14-23/h7-12,17,22-23,25,34-35H,6,13-16,18-20H2,1-5H3. The quantitative estimate of drug-likeness (QED) is 0.293. The molecule has 2 unspecified atom stereocenters. The summed E-state index contributed by atoms with van der Waals surface area (Å²) in [6.45, 7) is 10.6. The third-order valence-corrected chi connectivity index (χ3v) is 7.42. The van der Waals surface area contributed by atoms with E-state index in [2.05, 4.69) is 19.2 Å². The van der Waals surface area contributed by atoms with E-state index >= 15 is 0 Å². The molecule has 0 aromatic heterocycles. The number of benzene rings is 2. The van der Waals surface area contributed by atoms with Crippen molar-refractivity contribution in [1.82, 2.24) is 5.32 Å². The molecule has 0 bridgehead atoms. The fourth-order valence-corrected chi connectivity index (χ4v) is 5.28. The minimum absolute atomic E-state index is 0.0291. The topological polar surface area (TPSA) is 67.8 Å². The van der Waals surface area contributed by atoms with E-state index in [0.717, 1.165) is 28.7 Å². The van der Waals surface area contributed by atoms with E-state index in [1.165, 1.54) is 0 Å². The predicted molar refractivity (Wildman–Crippen MR) is 147 cm³/mol. The lowest BCUT2D eigenvalue weighted by atomic mass is 9.79. The van der Waals surface area contributed by atoms with E-state index in [0.29, 0.717) is 31.6 Å². The first-order valence-electron chi connectivity index (χ1n) is 13.7. The van der Waals surface area contributed by atoms with Crippen molar-refractivity contribution in [1.29, 1.82) is 0 Å². The van der Waals surface area contributed by atoms with E-state index in [1.54, 1.807) is 13.0 Å². The number of halogens is 2. The number of alkyl halides is 2. The second-order valence-corrected chi connectivity index (χ2v) is 11.2. The van der Waals surface area contributed by atoms with Crippen molar-refractivity contribution in [3.63, 3.8) is 0 Å². The monoisotopic (exact) mass is 531 g/mol. The van der Waals surface area contributed by atoms with Crippen molar-refractivity contribution in [2.24, 2.45) is 5.92 Å². The summed E-state index contributed by atoms with van der Waals surface area (Å²) >= 11 is 0. The fraction of sp³-hybridized carbons (Fsp3) is 0.581. The number of β-amino-alcohol motifs (C(OH)–C–C–N with tert-alkyl or cyclic N) is 1. The van der Waals surface area contributed by atoms with Crippen molar-refractivity contribution in [3.05, 3.63) is 59.2 Å². The number of rotatable bonds is 12. The van der Waals surface area contributed by atoms with Crippen molar-refractivity contribution in [2.45, 2.75) is 90.4 Å². The molecule has 7 heteroatoms. The molecule has 1 aliphatic rings. The predicted octanol–water partition coefficient (Wildman–Crippen LogP) is 6.86. The van der Waals surface area contributed by atoms with E-state index in [4.69, 9.17) is 9.47 Å². The first-order valence-corrected chi connectivity index (χ1v) is 13.7. The Hall–Kier alpha value is -2.35. The Morgan fingerprint density at radius 1 is 1.18 bits per heavy atom. The highest BCUT2D eigenvalue weighted by atomic mass is 19.3. The molecular weight excluding hydrogens is 488 g/mol. The molecule has 2 aromatic carbocycles. The number of hydrogen-bond donors (Lipinski definition) is 2. The normalized spacial score (nSPS) is 17.7. The Morgan fingerprint density at radius 3 is 2.53 bits per heavy atom. The summed E-state index contributed by atoms with van der Waals surface area (Å²) in [5.41, 5.74) is 4.11. The molecule has 38 heavy (non-hydrogen) atoms. The van der Waals surface area contributed by atoms with Gasteiger partial charge in [0, 0.05) is 24.9 Å². The smallest absolute Gasteiger partial charge is 0.338 e. The van der Waals surface area contributed by atoms with Crippen LogP contribution in [0.4, 0.5) is 8.78 Å². The number of hydrogen-bond acceptors (Lipinski definition) is 5. The molecule has 0 amide bonds. The first-order chi connectivity index (χ1) is 17.9. The maximum absolute atomic E-state index is 13.5. The van der Waals surface area contributed by atoms with Crippen LogP contribution in [0, 0.1) is 12.8 Å². The minimum atomic E-state index is -2.51. The van der Waals surface area contributed by atoms with Gasteiger partial charge in [0.15, 0.2) is 0 Å².